The molecule has 0 aromatic rings. The van der Waals surface area contributed by atoms with E-state index in [0.717, 1.165) is 0 Å². The molecular weight excluding hydrogens is 140 g/mol. The Hall–Kier alpha value is -0.510. The van der Waals surface area contributed by atoms with Gasteiger partial charge in [0.15, 0.2) is 5.78 Å². The number of rotatable bonds is 1. The molecule has 0 aromatic carbocycles. The third-order valence-electron chi connectivity index (χ3n) is 1.22. The van der Waals surface area contributed by atoms with E-state index < -0.39 is 11.9 Å². The van der Waals surface area contributed by atoms with Gasteiger partial charge in [0.1, 0.15) is 5.92 Å². The number of carbonyl (C=O) groups excluding carboxylic acids is 1. The van der Waals surface area contributed by atoms with Crippen molar-refractivity contribution in [1.29, 1.82) is 0 Å². The molecule has 9 heavy (non-hydrogen) atoms. The molecule has 0 radical (unpaired) electrons. The highest BCUT2D eigenvalue weighted by atomic mass is 32.2. The summed E-state index contributed by atoms with van der Waals surface area (Å²) in [4.78, 5) is 20.8. The van der Waals surface area contributed by atoms with E-state index in [1.54, 1.807) is 0 Å². The second kappa shape index (κ2) is 2.39. The average Bonchev–Trinajstić information content (AvgIpc) is 2.13. The predicted octanol–water partition coefficient (Wildman–Crippen LogP) is 0.00310. The topological polar surface area (TPSA) is 54.4 Å². The van der Waals surface area contributed by atoms with Crippen LogP contribution in [0.3, 0.4) is 0 Å². The molecule has 3 nitrogen and oxygen atoms in total. The van der Waals surface area contributed by atoms with Gasteiger partial charge in [-0.05, 0) is 0 Å². The van der Waals surface area contributed by atoms with Crippen molar-refractivity contribution in [2.24, 2.45) is 5.92 Å². The first-order chi connectivity index (χ1) is 4.22. The summed E-state index contributed by atoms with van der Waals surface area (Å²) in [6.07, 6.45) is 0. The first-order valence-electron chi connectivity index (χ1n) is 2.55. The van der Waals surface area contributed by atoms with Gasteiger partial charge in [0.2, 0.25) is 0 Å². The largest absolute Gasteiger partial charge is 0.481 e. The third kappa shape index (κ3) is 1.24. The van der Waals surface area contributed by atoms with Crippen molar-refractivity contribution in [3.05, 3.63) is 0 Å². The number of thioether (sulfide) groups is 1. The minimum absolute atomic E-state index is 0.146. The van der Waals surface area contributed by atoms with Crippen molar-refractivity contribution in [3.63, 3.8) is 0 Å². The van der Waals surface area contributed by atoms with E-state index in [4.69, 9.17) is 5.11 Å². The monoisotopic (exact) mass is 146 g/mol. The summed E-state index contributed by atoms with van der Waals surface area (Å²) in [6, 6.07) is 0. The van der Waals surface area contributed by atoms with Crippen molar-refractivity contribution in [1.82, 2.24) is 0 Å². The van der Waals surface area contributed by atoms with Crippen LogP contribution in [0.1, 0.15) is 0 Å². The van der Waals surface area contributed by atoms with Crippen molar-refractivity contribution < 1.29 is 14.7 Å². The smallest absolute Gasteiger partial charge is 0.314 e. The fourth-order valence-electron chi connectivity index (χ4n) is 0.680. The number of carbonyl (C=O) groups is 2. The van der Waals surface area contributed by atoms with Gasteiger partial charge < -0.3 is 5.11 Å². The molecule has 1 aliphatic rings. The van der Waals surface area contributed by atoms with Gasteiger partial charge in [-0.25, -0.2) is 0 Å². The van der Waals surface area contributed by atoms with Crippen LogP contribution in [-0.2, 0) is 9.59 Å². The Balaban J connectivity index is 2.60. The van der Waals surface area contributed by atoms with Crippen LogP contribution < -0.4 is 0 Å². The summed E-state index contributed by atoms with van der Waals surface area (Å²) in [6.45, 7) is 0. The normalized spacial score (nSPS) is 26.7. The van der Waals surface area contributed by atoms with Gasteiger partial charge in [0.25, 0.3) is 0 Å². The molecule has 1 fully saturated rings. The molecule has 0 amide bonds. The first kappa shape index (κ1) is 6.61. The molecule has 0 aliphatic carbocycles. The van der Waals surface area contributed by atoms with Gasteiger partial charge in [-0.1, -0.05) is 0 Å². The Labute approximate surface area is 56.4 Å². The fourth-order valence-corrected chi connectivity index (χ4v) is 1.76. The number of hydrogen-bond acceptors (Lipinski definition) is 3. The molecular formula is C5H6O3S. The van der Waals surface area contributed by atoms with Crippen LogP contribution in [0.2, 0.25) is 0 Å². The predicted molar refractivity (Wildman–Crippen MR) is 33.5 cm³/mol. The van der Waals surface area contributed by atoms with Crippen LogP contribution >= 0.6 is 11.8 Å². The standard InChI is InChI=1S/C5H6O3S/c6-4-2-9-1-3(4)5(7)8/h3H,1-2H2,(H,7,8)/t3-/m0/s1. The lowest BCUT2D eigenvalue weighted by Crippen LogP contribution is -2.21. The highest BCUT2D eigenvalue weighted by Gasteiger charge is 2.30. The van der Waals surface area contributed by atoms with Gasteiger partial charge in [0.05, 0.1) is 5.75 Å². The molecule has 1 N–H and O–H groups in total. The lowest BCUT2D eigenvalue weighted by atomic mass is 10.1. The van der Waals surface area contributed by atoms with Crippen molar-refractivity contribution in [3.8, 4) is 0 Å². The zero-order valence-electron chi connectivity index (χ0n) is 4.66. The summed E-state index contributed by atoms with van der Waals surface area (Å²) >= 11 is 1.39. The molecule has 0 aromatic heterocycles. The maximum atomic E-state index is 10.6. The minimum Gasteiger partial charge on any atom is -0.481 e. The Morgan fingerprint density at radius 2 is 2.44 bits per heavy atom. The van der Waals surface area contributed by atoms with Crippen LogP contribution in [0.15, 0.2) is 0 Å². The SMILES string of the molecule is O=C(O)[C@H]1CSCC1=O. The number of carboxylic acids is 1. The molecule has 50 valence electrons. The van der Waals surface area contributed by atoms with Crippen molar-refractivity contribution >= 4 is 23.5 Å². The summed E-state index contributed by atoms with van der Waals surface area (Å²) in [5.74, 6) is -1.03. The molecule has 1 atom stereocenters. The Morgan fingerprint density at radius 1 is 1.78 bits per heavy atom. The average molecular weight is 146 g/mol. The molecule has 0 unspecified atom stereocenters. The summed E-state index contributed by atoms with van der Waals surface area (Å²) in [5, 5.41) is 8.35. The Kier molecular flexibility index (Phi) is 1.75. The van der Waals surface area contributed by atoms with Gasteiger partial charge in [-0.3, -0.25) is 9.59 Å². The van der Waals surface area contributed by atoms with E-state index in [0.29, 0.717) is 11.5 Å². The highest BCUT2D eigenvalue weighted by molar-refractivity contribution is 8.00. The van der Waals surface area contributed by atoms with Crippen LogP contribution in [0.5, 0.6) is 0 Å². The number of carboxylic acid groups (broad SMARTS) is 1. The second-order valence-electron chi connectivity index (χ2n) is 1.87. The molecule has 1 saturated heterocycles. The zero-order valence-corrected chi connectivity index (χ0v) is 5.48. The minimum atomic E-state index is -0.981. The van der Waals surface area contributed by atoms with Crippen molar-refractivity contribution in [2.75, 3.05) is 11.5 Å². The van der Waals surface area contributed by atoms with Crippen LogP contribution in [0, 0.1) is 5.92 Å². The maximum Gasteiger partial charge on any atom is 0.314 e. The summed E-state index contributed by atoms with van der Waals surface area (Å²) < 4.78 is 0. The molecule has 1 heterocycles. The Morgan fingerprint density at radius 3 is 2.67 bits per heavy atom. The van der Waals surface area contributed by atoms with E-state index in [9.17, 15) is 9.59 Å². The number of Topliss-reactive ketones (excluding diaryl/α,β-unsaturated/α-hetero) is 1. The van der Waals surface area contributed by atoms with E-state index in [2.05, 4.69) is 0 Å². The number of ketones is 1. The number of hydrogen-bond donors (Lipinski definition) is 1. The van der Waals surface area contributed by atoms with E-state index in [1.165, 1.54) is 11.8 Å². The fraction of sp³-hybridized carbons (Fsp3) is 0.600. The third-order valence-corrected chi connectivity index (χ3v) is 2.27. The van der Waals surface area contributed by atoms with E-state index >= 15 is 0 Å². The summed E-state index contributed by atoms with van der Waals surface area (Å²) in [7, 11) is 0. The lowest BCUT2D eigenvalue weighted by Gasteiger charge is -1.95. The van der Waals surface area contributed by atoms with Gasteiger partial charge in [-0.2, -0.15) is 11.8 Å². The Bertz CT molecular complexity index is 154. The molecule has 4 heteroatoms. The van der Waals surface area contributed by atoms with Crippen LogP contribution in [0.25, 0.3) is 0 Å². The second-order valence-corrected chi connectivity index (χ2v) is 2.90. The lowest BCUT2D eigenvalue weighted by molar-refractivity contribution is -0.144. The van der Waals surface area contributed by atoms with Gasteiger partial charge in [-0.15, -0.1) is 0 Å². The molecule has 0 spiro atoms. The number of aliphatic carboxylic acids is 1. The van der Waals surface area contributed by atoms with Crippen molar-refractivity contribution in [2.45, 2.75) is 0 Å². The summed E-state index contributed by atoms with van der Waals surface area (Å²) in [5.41, 5.74) is 0. The van der Waals surface area contributed by atoms with Gasteiger partial charge >= 0.3 is 5.97 Å². The molecule has 1 aliphatic heterocycles. The molecule has 1 rings (SSSR count). The highest BCUT2D eigenvalue weighted by Crippen LogP contribution is 2.19. The van der Waals surface area contributed by atoms with E-state index in [1.807, 2.05) is 0 Å². The van der Waals surface area contributed by atoms with Gasteiger partial charge in [0, 0.05) is 5.75 Å². The quantitative estimate of drug-likeness (QED) is 0.529. The van der Waals surface area contributed by atoms with E-state index in [-0.39, 0.29) is 5.78 Å². The van der Waals surface area contributed by atoms with Crippen LogP contribution in [-0.4, -0.2) is 28.4 Å². The zero-order chi connectivity index (χ0) is 6.85. The van der Waals surface area contributed by atoms with Crippen LogP contribution in [0.4, 0.5) is 0 Å². The molecule has 0 bridgehead atoms. The maximum absolute atomic E-state index is 10.6. The molecule has 0 saturated carbocycles. The first-order valence-corrected chi connectivity index (χ1v) is 3.70.